The number of esters is 1. The summed E-state index contributed by atoms with van der Waals surface area (Å²) in [4.78, 5) is 14.7. The highest BCUT2D eigenvalue weighted by molar-refractivity contribution is 5.69. The van der Waals surface area contributed by atoms with Crippen LogP contribution in [0.3, 0.4) is 0 Å². The highest BCUT2D eigenvalue weighted by Gasteiger charge is 2.14. The van der Waals surface area contributed by atoms with Crippen LogP contribution in [0, 0.1) is 0 Å². The minimum Gasteiger partial charge on any atom is -0.462 e. The van der Waals surface area contributed by atoms with Crippen LogP contribution < -0.4 is 0 Å². The standard InChI is InChI=1S/C49H87NO2/c1-5-7-9-11-13-15-17-19-21-23-25-27-29-31-33-35-37-39-41-44-48(52-49(51)46-43-47-50(3)4)45-42-40-38-36-34-32-30-28-26-24-22-20-18-16-14-12-10-8-6-2/h13-16,19-22,25-28,48H,5-12,17-18,23-24,29-47H2,1-4H3/b15-13-,16-14-,21-19-,22-20-,27-25-,28-26-. The largest absolute Gasteiger partial charge is 0.462 e. The van der Waals surface area contributed by atoms with E-state index in [9.17, 15) is 4.79 Å². The van der Waals surface area contributed by atoms with E-state index in [0.29, 0.717) is 6.42 Å². The number of unbranched alkanes of at least 4 members (excludes halogenated alkanes) is 18. The summed E-state index contributed by atoms with van der Waals surface area (Å²) in [6.07, 6.45) is 63.7. The van der Waals surface area contributed by atoms with E-state index in [2.05, 4.69) is 106 Å². The van der Waals surface area contributed by atoms with E-state index in [-0.39, 0.29) is 12.1 Å². The second-order valence-corrected chi connectivity index (χ2v) is 15.2. The molecule has 0 fully saturated rings. The van der Waals surface area contributed by atoms with Gasteiger partial charge in [-0.25, -0.2) is 0 Å². The molecule has 52 heavy (non-hydrogen) atoms. The highest BCUT2D eigenvalue weighted by atomic mass is 16.5. The molecule has 0 bridgehead atoms. The van der Waals surface area contributed by atoms with Crippen LogP contribution in [0.5, 0.6) is 0 Å². The number of carbonyl (C=O) groups excluding carboxylic acids is 1. The van der Waals surface area contributed by atoms with Crippen LogP contribution in [-0.4, -0.2) is 37.6 Å². The molecule has 0 N–H and O–H groups in total. The van der Waals surface area contributed by atoms with E-state index in [0.717, 1.165) is 51.5 Å². The zero-order valence-corrected chi connectivity index (χ0v) is 35.2. The molecule has 3 nitrogen and oxygen atoms in total. The lowest BCUT2D eigenvalue weighted by Crippen LogP contribution is -2.20. The summed E-state index contributed by atoms with van der Waals surface area (Å²) in [7, 11) is 4.12. The number of hydrogen-bond acceptors (Lipinski definition) is 3. The molecule has 0 radical (unpaired) electrons. The smallest absolute Gasteiger partial charge is 0.306 e. The normalized spacial score (nSPS) is 12.7. The molecule has 0 saturated heterocycles. The molecule has 0 aliphatic heterocycles. The second kappa shape index (κ2) is 43.3. The minimum absolute atomic E-state index is 0.00299. The average Bonchev–Trinajstić information content (AvgIpc) is 3.13. The fourth-order valence-corrected chi connectivity index (χ4v) is 6.31. The minimum atomic E-state index is 0.00299. The molecule has 0 aliphatic carbocycles. The van der Waals surface area contributed by atoms with E-state index >= 15 is 0 Å². The van der Waals surface area contributed by atoms with Gasteiger partial charge in [0.1, 0.15) is 6.10 Å². The monoisotopic (exact) mass is 722 g/mol. The first-order valence-electron chi connectivity index (χ1n) is 22.3. The van der Waals surface area contributed by atoms with Crippen molar-refractivity contribution in [3.8, 4) is 0 Å². The third-order valence-electron chi connectivity index (χ3n) is 9.62. The summed E-state index contributed by atoms with van der Waals surface area (Å²) in [5, 5.41) is 0. The summed E-state index contributed by atoms with van der Waals surface area (Å²) in [5.41, 5.74) is 0. The molecule has 0 aliphatic rings. The van der Waals surface area contributed by atoms with Gasteiger partial charge in [0, 0.05) is 6.42 Å². The van der Waals surface area contributed by atoms with Crippen molar-refractivity contribution < 1.29 is 9.53 Å². The van der Waals surface area contributed by atoms with Gasteiger partial charge >= 0.3 is 5.97 Å². The van der Waals surface area contributed by atoms with Gasteiger partial charge in [0.05, 0.1) is 0 Å². The molecule has 0 heterocycles. The third kappa shape index (κ3) is 42.3. The zero-order chi connectivity index (χ0) is 37.8. The topological polar surface area (TPSA) is 29.5 Å². The summed E-state index contributed by atoms with van der Waals surface area (Å²) in [5.74, 6) is 0.00299. The average molecular weight is 722 g/mol. The van der Waals surface area contributed by atoms with E-state index in [1.165, 1.54) is 141 Å². The van der Waals surface area contributed by atoms with Crippen LogP contribution >= 0.6 is 0 Å². The summed E-state index contributed by atoms with van der Waals surface area (Å²) in [6.45, 7) is 5.46. The first kappa shape index (κ1) is 49.9. The maximum atomic E-state index is 12.6. The van der Waals surface area contributed by atoms with Gasteiger partial charge in [-0.15, -0.1) is 0 Å². The maximum Gasteiger partial charge on any atom is 0.306 e. The lowest BCUT2D eigenvalue weighted by atomic mass is 10.0. The predicted molar refractivity (Wildman–Crippen MR) is 233 cm³/mol. The Morgan fingerprint density at radius 2 is 0.769 bits per heavy atom. The van der Waals surface area contributed by atoms with Crippen molar-refractivity contribution in [2.75, 3.05) is 20.6 Å². The Morgan fingerprint density at radius 1 is 0.442 bits per heavy atom. The molecule has 0 atom stereocenters. The van der Waals surface area contributed by atoms with Crippen LogP contribution in [0.1, 0.15) is 206 Å². The lowest BCUT2D eigenvalue weighted by Gasteiger charge is -2.18. The Kier molecular flexibility index (Phi) is 41.5. The molecule has 0 aromatic heterocycles. The second-order valence-electron chi connectivity index (χ2n) is 15.2. The summed E-state index contributed by atoms with van der Waals surface area (Å²) < 4.78 is 6.02. The van der Waals surface area contributed by atoms with Crippen molar-refractivity contribution in [1.82, 2.24) is 4.90 Å². The van der Waals surface area contributed by atoms with Crippen molar-refractivity contribution in [2.45, 2.75) is 213 Å². The Balaban J connectivity index is 4.02. The van der Waals surface area contributed by atoms with Gasteiger partial charge in [-0.05, 0) is 130 Å². The number of nitrogens with zero attached hydrogens (tertiary/aromatic N) is 1. The van der Waals surface area contributed by atoms with Crippen LogP contribution in [0.15, 0.2) is 72.9 Å². The van der Waals surface area contributed by atoms with E-state index in [1.54, 1.807) is 0 Å². The van der Waals surface area contributed by atoms with Crippen molar-refractivity contribution in [2.24, 2.45) is 0 Å². The van der Waals surface area contributed by atoms with Crippen LogP contribution in [0.2, 0.25) is 0 Å². The van der Waals surface area contributed by atoms with Gasteiger partial charge in [-0.2, -0.15) is 0 Å². The molecule has 0 aromatic rings. The number of ether oxygens (including phenoxy) is 1. The number of rotatable bonds is 39. The highest BCUT2D eigenvalue weighted by Crippen LogP contribution is 2.18. The van der Waals surface area contributed by atoms with Crippen LogP contribution in [0.25, 0.3) is 0 Å². The molecule has 0 amide bonds. The van der Waals surface area contributed by atoms with E-state index in [4.69, 9.17) is 4.74 Å². The first-order valence-corrected chi connectivity index (χ1v) is 22.3. The molecule has 0 spiro atoms. The predicted octanol–water partition coefficient (Wildman–Crippen LogP) is 15.5. The SMILES string of the molecule is CCCCC/C=C\C/C=C\C/C=C\CCCCCCCCC(CCCCCCCC/C=C\C/C=C\C/C=C\CCCCC)OC(=O)CCCN(C)C. The van der Waals surface area contributed by atoms with Crippen LogP contribution in [0.4, 0.5) is 0 Å². The molecule has 0 aromatic carbocycles. The molecular weight excluding hydrogens is 635 g/mol. The van der Waals surface area contributed by atoms with Crippen molar-refractivity contribution in [3.05, 3.63) is 72.9 Å². The Hall–Kier alpha value is -2.13. The third-order valence-corrected chi connectivity index (χ3v) is 9.62. The van der Waals surface area contributed by atoms with Gasteiger partial charge < -0.3 is 9.64 Å². The Labute approximate surface area is 325 Å². The van der Waals surface area contributed by atoms with Crippen molar-refractivity contribution in [3.63, 3.8) is 0 Å². The van der Waals surface area contributed by atoms with Crippen molar-refractivity contribution >= 4 is 5.97 Å². The fraction of sp³-hybridized carbons (Fsp3) is 0.735. The number of allylic oxidation sites excluding steroid dienone is 12. The fourth-order valence-electron chi connectivity index (χ4n) is 6.31. The van der Waals surface area contributed by atoms with Crippen molar-refractivity contribution in [1.29, 1.82) is 0 Å². The number of hydrogen-bond donors (Lipinski definition) is 0. The molecular formula is C49H87NO2. The number of carbonyl (C=O) groups is 1. The quantitative estimate of drug-likeness (QED) is 0.0359. The Bertz CT molecular complexity index is 848. The summed E-state index contributed by atoms with van der Waals surface area (Å²) in [6, 6.07) is 0. The van der Waals surface area contributed by atoms with Gasteiger partial charge in [0.15, 0.2) is 0 Å². The Morgan fingerprint density at radius 3 is 1.13 bits per heavy atom. The molecule has 300 valence electrons. The first-order chi connectivity index (χ1) is 25.6. The van der Waals surface area contributed by atoms with Gasteiger partial charge in [0.25, 0.3) is 0 Å². The molecule has 0 unspecified atom stereocenters. The molecule has 0 saturated carbocycles. The van der Waals surface area contributed by atoms with Crippen LogP contribution in [-0.2, 0) is 9.53 Å². The van der Waals surface area contributed by atoms with Gasteiger partial charge in [0.2, 0.25) is 0 Å². The van der Waals surface area contributed by atoms with Gasteiger partial charge in [-0.3, -0.25) is 4.79 Å². The molecule has 3 heteroatoms. The lowest BCUT2D eigenvalue weighted by molar-refractivity contribution is -0.150. The van der Waals surface area contributed by atoms with E-state index in [1.807, 2.05) is 0 Å². The van der Waals surface area contributed by atoms with E-state index < -0.39 is 0 Å². The maximum absolute atomic E-state index is 12.6. The summed E-state index contributed by atoms with van der Waals surface area (Å²) >= 11 is 0. The molecule has 0 rings (SSSR count). The van der Waals surface area contributed by atoms with Gasteiger partial charge in [-0.1, -0.05) is 164 Å². The zero-order valence-electron chi connectivity index (χ0n) is 35.2.